The summed E-state index contributed by atoms with van der Waals surface area (Å²) in [7, 11) is 0. The van der Waals surface area contributed by atoms with Gasteiger partial charge in [0.1, 0.15) is 5.82 Å². The third-order valence-corrected chi connectivity index (χ3v) is 7.96. The summed E-state index contributed by atoms with van der Waals surface area (Å²) in [6.45, 7) is 16.6. The number of hydrogen-bond donors (Lipinski definition) is 0. The standard InChI is InChI=1S/C27H37FN4O/c1-7-33-26(5,6)27(12-14-31-19-30-23-16-22(28)10-11-24(23)31)13-15-32(18-27)25(3,4)21-9-8-20(2)29-17-21/h8-11,16-17,19H,7,12-15,18H2,1-6H3. The molecule has 1 saturated heterocycles. The van der Waals surface area contributed by atoms with Crippen molar-refractivity contribution in [2.24, 2.45) is 5.41 Å². The summed E-state index contributed by atoms with van der Waals surface area (Å²) in [5.41, 5.74) is 3.53. The molecule has 1 aromatic carbocycles. The second-order valence-corrected chi connectivity index (χ2v) is 10.5. The van der Waals surface area contributed by atoms with Crippen LogP contribution in [0.5, 0.6) is 0 Å². The summed E-state index contributed by atoms with van der Waals surface area (Å²) in [5.74, 6) is -0.249. The Bertz CT molecular complexity index is 1110. The van der Waals surface area contributed by atoms with Crippen LogP contribution in [0.15, 0.2) is 42.9 Å². The number of aryl methyl sites for hydroxylation is 2. The largest absolute Gasteiger partial charge is 0.375 e. The molecule has 0 radical (unpaired) electrons. The van der Waals surface area contributed by atoms with E-state index in [2.05, 4.69) is 66.2 Å². The van der Waals surface area contributed by atoms with Crippen LogP contribution in [0.2, 0.25) is 0 Å². The Hall–Kier alpha value is -2.31. The van der Waals surface area contributed by atoms with Gasteiger partial charge in [0, 0.05) is 48.6 Å². The molecule has 4 rings (SSSR count). The predicted octanol–water partition coefficient (Wildman–Crippen LogP) is 5.71. The molecule has 178 valence electrons. The van der Waals surface area contributed by atoms with Crippen molar-refractivity contribution in [3.63, 3.8) is 0 Å². The molecular weight excluding hydrogens is 415 g/mol. The smallest absolute Gasteiger partial charge is 0.125 e. The molecule has 3 heterocycles. The van der Waals surface area contributed by atoms with Crippen molar-refractivity contribution in [2.75, 3.05) is 19.7 Å². The third-order valence-electron chi connectivity index (χ3n) is 7.96. The lowest BCUT2D eigenvalue weighted by Crippen LogP contribution is -2.50. The second-order valence-electron chi connectivity index (χ2n) is 10.5. The minimum absolute atomic E-state index is 0.0188. The Morgan fingerprint density at radius 2 is 1.91 bits per heavy atom. The van der Waals surface area contributed by atoms with Crippen LogP contribution in [0.25, 0.3) is 11.0 Å². The number of pyridine rings is 1. The van der Waals surface area contributed by atoms with Gasteiger partial charge < -0.3 is 9.30 Å². The maximum Gasteiger partial charge on any atom is 0.125 e. The normalized spacial score (nSPS) is 20.1. The third kappa shape index (κ3) is 4.43. The molecule has 0 saturated carbocycles. The summed E-state index contributed by atoms with van der Waals surface area (Å²) < 4.78 is 22.1. The first-order valence-electron chi connectivity index (χ1n) is 12.0. The van der Waals surface area contributed by atoms with Crippen molar-refractivity contribution in [2.45, 2.75) is 72.1 Å². The van der Waals surface area contributed by atoms with Crippen molar-refractivity contribution in [1.29, 1.82) is 0 Å². The summed E-state index contributed by atoms with van der Waals surface area (Å²) in [6, 6.07) is 9.13. The van der Waals surface area contributed by atoms with E-state index >= 15 is 0 Å². The minimum Gasteiger partial charge on any atom is -0.375 e. The van der Waals surface area contributed by atoms with Crippen molar-refractivity contribution < 1.29 is 9.13 Å². The zero-order valence-electron chi connectivity index (χ0n) is 20.9. The fourth-order valence-electron chi connectivity index (χ4n) is 5.42. The van der Waals surface area contributed by atoms with Crippen molar-refractivity contribution >= 4 is 11.0 Å². The van der Waals surface area contributed by atoms with Crippen LogP contribution in [0.1, 0.15) is 58.7 Å². The Kier molecular flexibility index (Phi) is 6.36. The van der Waals surface area contributed by atoms with Crippen molar-refractivity contribution in [1.82, 2.24) is 19.4 Å². The van der Waals surface area contributed by atoms with E-state index in [1.54, 1.807) is 0 Å². The maximum atomic E-state index is 13.6. The monoisotopic (exact) mass is 452 g/mol. The minimum atomic E-state index is -0.277. The Morgan fingerprint density at radius 1 is 1.12 bits per heavy atom. The fraction of sp³-hybridized carbons (Fsp3) is 0.556. The average Bonchev–Trinajstić information content (AvgIpc) is 3.38. The van der Waals surface area contributed by atoms with Crippen LogP contribution in [0.4, 0.5) is 4.39 Å². The maximum absolute atomic E-state index is 13.6. The number of hydrogen-bond acceptors (Lipinski definition) is 4. The van der Waals surface area contributed by atoms with Gasteiger partial charge in [0.25, 0.3) is 0 Å². The molecule has 3 aromatic rings. The zero-order chi connectivity index (χ0) is 23.9. The SMILES string of the molecule is CCOC(C)(C)C1(CCn2cnc3cc(F)ccc32)CCN(C(C)(C)c2ccc(C)nc2)C1. The number of ether oxygens (including phenoxy) is 1. The van der Waals surface area contributed by atoms with Gasteiger partial charge >= 0.3 is 0 Å². The van der Waals surface area contributed by atoms with E-state index in [0.717, 1.165) is 43.7 Å². The molecule has 33 heavy (non-hydrogen) atoms. The summed E-state index contributed by atoms with van der Waals surface area (Å²) in [5, 5.41) is 0. The van der Waals surface area contributed by atoms with Gasteiger partial charge in [0.05, 0.1) is 23.0 Å². The average molecular weight is 453 g/mol. The molecule has 1 unspecified atom stereocenters. The van der Waals surface area contributed by atoms with E-state index < -0.39 is 0 Å². The number of fused-ring (bicyclic) bond motifs is 1. The van der Waals surface area contributed by atoms with E-state index in [-0.39, 0.29) is 22.4 Å². The Morgan fingerprint density at radius 3 is 2.61 bits per heavy atom. The first kappa shape index (κ1) is 23.8. The quantitative estimate of drug-likeness (QED) is 0.439. The van der Waals surface area contributed by atoms with Gasteiger partial charge in [-0.3, -0.25) is 9.88 Å². The van der Waals surface area contributed by atoms with E-state index in [4.69, 9.17) is 4.74 Å². The Labute approximate surface area is 197 Å². The van der Waals surface area contributed by atoms with Crippen LogP contribution in [-0.2, 0) is 16.8 Å². The molecule has 0 amide bonds. The fourth-order valence-corrected chi connectivity index (χ4v) is 5.42. The van der Waals surface area contributed by atoms with Crippen LogP contribution in [0.3, 0.4) is 0 Å². The lowest BCUT2D eigenvalue weighted by atomic mass is 9.70. The van der Waals surface area contributed by atoms with E-state index in [1.807, 2.05) is 25.5 Å². The summed E-state index contributed by atoms with van der Waals surface area (Å²) >= 11 is 0. The van der Waals surface area contributed by atoms with Gasteiger partial charge in [-0.2, -0.15) is 0 Å². The molecule has 1 aliphatic rings. The number of halogens is 1. The molecule has 0 N–H and O–H groups in total. The van der Waals surface area contributed by atoms with Crippen LogP contribution in [-0.4, -0.2) is 44.7 Å². The second kappa shape index (κ2) is 8.80. The van der Waals surface area contributed by atoms with Gasteiger partial charge in [-0.25, -0.2) is 9.37 Å². The van der Waals surface area contributed by atoms with Crippen molar-refractivity contribution in [3.05, 3.63) is 59.9 Å². The van der Waals surface area contributed by atoms with Gasteiger partial charge in [0.15, 0.2) is 0 Å². The summed E-state index contributed by atoms with van der Waals surface area (Å²) in [4.78, 5) is 11.6. The van der Waals surface area contributed by atoms with Gasteiger partial charge in [-0.05, 0) is 84.7 Å². The molecule has 0 bridgehead atoms. The molecule has 1 fully saturated rings. The molecule has 6 heteroatoms. The summed E-state index contributed by atoms with van der Waals surface area (Å²) in [6.07, 6.45) is 5.87. The lowest BCUT2D eigenvalue weighted by Gasteiger charge is -2.46. The molecule has 0 aliphatic carbocycles. The van der Waals surface area contributed by atoms with Gasteiger partial charge in [0.2, 0.25) is 0 Å². The number of imidazole rings is 1. The number of rotatable bonds is 8. The molecule has 0 spiro atoms. The van der Waals surface area contributed by atoms with Crippen LogP contribution < -0.4 is 0 Å². The van der Waals surface area contributed by atoms with E-state index in [1.165, 1.54) is 17.7 Å². The molecule has 1 atom stereocenters. The first-order valence-corrected chi connectivity index (χ1v) is 12.0. The van der Waals surface area contributed by atoms with E-state index in [0.29, 0.717) is 12.1 Å². The molecule has 5 nitrogen and oxygen atoms in total. The highest BCUT2D eigenvalue weighted by atomic mass is 19.1. The van der Waals surface area contributed by atoms with Gasteiger partial charge in [-0.15, -0.1) is 0 Å². The molecular formula is C27H37FN4O. The number of aromatic nitrogens is 3. The van der Waals surface area contributed by atoms with E-state index in [9.17, 15) is 4.39 Å². The van der Waals surface area contributed by atoms with Crippen LogP contribution in [0, 0.1) is 18.2 Å². The topological polar surface area (TPSA) is 43.2 Å². The Balaban J connectivity index is 1.60. The number of benzene rings is 1. The highest BCUT2D eigenvalue weighted by Gasteiger charge is 2.52. The number of likely N-dealkylation sites (tertiary alicyclic amines) is 1. The number of nitrogens with zero attached hydrogens (tertiary/aromatic N) is 4. The first-order chi connectivity index (χ1) is 15.6. The van der Waals surface area contributed by atoms with Crippen LogP contribution >= 0.6 is 0 Å². The lowest BCUT2D eigenvalue weighted by molar-refractivity contribution is -0.111. The predicted molar refractivity (Wildman–Crippen MR) is 131 cm³/mol. The zero-order valence-corrected chi connectivity index (χ0v) is 20.9. The molecule has 1 aliphatic heterocycles. The highest BCUT2D eigenvalue weighted by molar-refractivity contribution is 5.75. The molecule has 2 aromatic heterocycles. The van der Waals surface area contributed by atoms with Gasteiger partial charge in [-0.1, -0.05) is 6.07 Å². The highest BCUT2D eigenvalue weighted by Crippen LogP contribution is 2.49. The van der Waals surface area contributed by atoms with Crippen molar-refractivity contribution in [3.8, 4) is 0 Å².